The van der Waals surface area contributed by atoms with Crippen molar-refractivity contribution in [3.63, 3.8) is 0 Å². The van der Waals surface area contributed by atoms with Gasteiger partial charge in [0.05, 0.1) is 21.3 Å². The number of benzene rings is 2. The van der Waals surface area contributed by atoms with Crippen molar-refractivity contribution in [2.24, 2.45) is 4.99 Å². The monoisotopic (exact) mass is 490 g/mol. The maximum Gasteiger partial charge on any atom is 0.271 e. The summed E-state index contributed by atoms with van der Waals surface area (Å²) in [7, 11) is 0. The van der Waals surface area contributed by atoms with Crippen LogP contribution in [0.1, 0.15) is 19.8 Å². The number of nitro benzene ring substituents is 1. The van der Waals surface area contributed by atoms with Crippen LogP contribution in [-0.2, 0) is 14.3 Å². The maximum atomic E-state index is 13.1. The lowest BCUT2D eigenvalue weighted by atomic mass is 10.2. The Hall–Kier alpha value is -2.95. The van der Waals surface area contributed by atoms with Crippen molar-refractivity contribution in [3.05, 3.63) is 63.7 Å². The number of nitrogens with zero attached hydrogens (tertiary/aromatic N) is 3. The highest BCUT2D eigenvalue weighted by atomic mass is 35.5. The second-order valence-corrected chi connectivity index (χ2v) is 8.63. The molecule has 11 heteroatoms. The van der Waals surface area contributed by atoms with Crippen molar-refractivity contribution in [2.75, 3.05) is 25.1 Å². The van der Waals surface area contributed by atoms with Gasteiger partial charge >= 0.3 is 0 Å². The number of aliphatic imine (C=N–C) groups is 1. The molecule has 1 atom stereocenters. The number of halogens is 1. The highest BCUT2D eigenvalue weighted by molar-refractivity contribution is 8.15. The fraction of sp³-hybridized carbons (Fsp3) is 0.318. The minimum Gasteiger partial charge on any atom is -0.382 e. The Bertz CT molecular complexity index is 1050. The lowest BCUT2D eigenvalue weighted by molar-refractivity contribution is -0.384. The number of rotatable bonds is 10. The van der Waals surface area contributed by atoms with E-state index in [9.17, 15) is 19.7 Å². The largest absolute Gasteiger partial charge is 0.382 e. The number of hydrogen-bond donors (Lipinski definition) is 1. The molecule has 9 nitrogen and oxygen atoms in total. The zero-order chi connectivity index (χ0) is 23.8. The van der Waals surface area contributed by atoms with Crippen LogP contribution in [0, 0.1) is 10.1 Å². The van der Waals surface area contributed by atoms with Gasteiger partial charge in [0.2, 0.25) is 11.8 Å². The van der Waals surface area contributed by atoms with Crippen LogP contribution in [0.4, 0.5) is 17.1 Å². The average molecular weight is 491 g/mol. The van der Waals surface area contributed by atoms with E-state index in [4.69, 9.17) is 16.3 Å². The molecule has 1 heterocycles. The van der Waals surface area contributed by atoms with Crippen LogP contribution >= 0.6 is 23.4 Å². The fourth-order valence-electron chi connectivity index (χ4n) is 3.11. The van der Waals surface area contributed by atoms with Crippen molar-refractivity contribution in [1.82, 2.24) is 4.90 Å². The van der Waals surface area contributed by atoms with Crippen molar-refractivity contribution in [3.8, 4) is 0 Å². The van der Waals surface area contributed by atoms with Gasteiger partial charge in [-0.2, -0.15) is 0 Å². The van der Waals surface area contributed by atoms with Crippen LogP contribution in [0.15, 0.2) is 53.5 Å². The number of para-hydroxylation sites is 1. The molecule has 1 N–H and O–H groups in total. The standard InChI is InChI=1S/C22H23ClN4O5S/c1-2-32-12-6-11-26-21(29)19(33-22(26)24-15-7-4-3-5-8-15)14-20(28)25-18-13-16(27(30)31)9-10-17(18)23/h3-5,7-10,13,19H,2,6,11-12,14H2,1H3,(H,25,28). The fourth-order valence-corrected chi connectivity index (χ4v) is 4.45. The first-order chi connectivity index (χ1) is 15.9. The van der Waals surface area contributed by atoms with Crippen LogP contribution in [0.2, 0.25) is 5.02 Å². The van der Waals surface area contributed by atoms with Crippen molar-refractivity contribution in [1.29, 1.82) is 0 Å². The predicted molar refractivity (Wildman–Crippen MR) is 129 cm³/mol. The SMILES string of the molecule is CCOCCCN1C(=O)C(CC(=O)Nc2cc([N+](=O)[O-])ccc2Cl)SC1=Nc1ccccc1. The first-order valence-corrected chi connectivity index (χ1v) is 11.6. The van der Waals surface area contributed by atoms with Crippen molar-refractivity contribution >= 4 is 57.4 Å². The Kier molecular flexibility index (Phi) is 8.81. The minimum absolute atomic E-state index is 0.123. The molecule has 0 radical (unpaired) electrons. The summed E-state index contributed by atoms with van der Waals surface area (Å²) in [6, 6.07) is 13.0. The van der Waals surface area contributed by atoms with E-state index in [0.29, 0.717) is 37.0 Å². The van der Waals surface area contributed by atoms with Gasteiger partial charge in [-0.15, -0.1) is 0 Å². The number of non-ortho nitro benzene ring substituents is 1. The van der Waals surface area contributed by atoms with Gasteiger partial charge in [0.25, 0.3) is 5.69 Å². The van der Waals surface area contributed by atoms with Crippen LogP contribution in [0.25, 0.3) is 0 Å². The number of ether oxygens (including phenoxy) is 1. The summed E-state index contributed by atoms with van der Waals surface area (Å²) in [5.74, 6) is -0.690. The molecule has 1 saturated heterocycles. The summed E-state index contributed by atoms with van der Waals surface area (Å²) < 4.78 is 5.37. The van der Waals surface area contributed by atoms with Crippen LogP contribution < -0.4 is 5.32 Å². The lowest BCUT2D eigenvalue weighted by Gasteiger charge is -2.16. The molecule has 1 fully saturated rings. The number of hydrogen-bond acceptors (Lipinski definition) is 7. The molecule has 174 valence electrons. The van der Waals surface area contributed by atoms with Gasteiger partial charge in [0.15, 0.2) is 5.17 Å². The number of amidine groups is 1. The molecule has 33 heavy (non-hydrogen) atoms. The van der Waals surface area contributed by atoms with E-state index < -0.39 is 16.1 Å². The second-order valence-electron chi connectivity index (χ2n) is 7.05. The van der Waals surface area contributed by atoms with E-state index in [0.717, 1.165) is 0 Å². The summed E-state index contributed by atoms with van der Waals surface area (Å²) >= 11 is 7.28. The second kappa shape index (κ2) is 11.8. The third kappa shape index (κ3) is 6.77. The summed E-state index contributed by atoms with van der Waals surface area (Å²) in [5.41, 5.74) is 0.632. The summed E-state index contributed by atoms with van der Waals surface area (Å²) in [5, 5.41) is 13.6. The zero-order valence-corrected chi connectivity index (χ0v) is 19.5. The molecule has 1 unspecified atom stereocenters. The van der Waals surface area contributed by atoms with E-state index in [1.807, 2.05) is 37.3 Å². The van der Waals surface area contributed by atoms with Crippen LogP contribution in [0.3, 0.4) is 0 Å². The Labute approximate surface area is 200 Å². The molecule has 0 aliphatic carbocycles. The Morgan fingerprint density at radius 3 is 2.76 bits per heavy atom. The predicted octanol–water partition coefficient (Wildman–Crippen LogP) is 4.64. The number of carbonyl (C=O) groups is 2. The Morgan fingerprint density at radius 1 is 1.30 bits per heavy atom. The number of nitro groups is 1. The Balaban J connectivity index is 1.72. The molecule has 2 aromatic rings. The molecular formula is C22H23ClN4O5S. The highest BCUT2D eigenvalue weighted by Gasteiger charge is 2.39. The van der Waals surface area contributed by atoms with Crippen molar-refractivity contribution in [2.45, 2.75) is 25.0 Å². The molecule has 1 aliphatic rings. The number of anilines is 1. The first kappa shape index (κ1) is 24.7. The summed E-state index contributed by atoms with van der Waals surface area (Å²) in [6.07, 6.45) is 0.508. The van der Waals surface area contributed by atoms with Gasteiger partial charge in [-0.05, 0) is 31.5 Å². The molecule has 2 aromatic carbocycles. The molecule has 0 spiro atoms. The van der Waals surface area contributed by atoms with Gasteiger partial charge in [0.1, 0.15) is 5.25 Å². The third-order valence-electron chi connectivity index (χ3n) is 4.68. The van der Waals surface area contributed by atoms with Crippen molar-refractivity contribution < 1.29 is 19.2 Å². The van der Waals surface area contributed by atoms with Crippen LogP contribution in [-0.4, -0.2) is 51.8 Å². The third-order valence-corrected chi connectivity index (χ3v) is 6.19. The highest BCUT2D eigenvalue weighted by Crippen LogP contribution is 2.33. The molecule has 0 aromatic heterocycles. The molecule has 3 rings (SSSR count). The molecule has 0 bridgehead atoms. The lowest BCUT2D eigenvalue weighted by Crippen LogP contribution is -2.34. The Morgan fingerprint density at radius 2 is 2.06 bits per heavy atom. The van der Waals surface area contributed by atoms with E-state index in [1.54, 1.807) is 4.90 Å². The van der Waals surface area contributed by atoms with Gasteiger partial charge in [-0.3, -0.25) is 24.6 Å². The van der Waals surface area contributed by atoms with Gasteiger partial charge in [-0.1, -0.05) is 41.6 Å². The minimum atomic E-state index is -0.669. The van der Waals surface area contributed by atoms with E-state index in [1.165, 1.54) is 30.0 Å². The normalized spacial score (nSPS) is 16.9. The molecule has 1 aliphatic heterocycles. The smallest absolute Gasteiger partial charge is 0.271 e. The number of nitrogens with one attached hydrogen (secondary N) is 1. The molecule has 2 amide bonds. The topological polar surface area (TPSA) is 114 Å². The van der Waals surface area contributed by atoms with E-state index >= 15 is 0 Å². The average Bonchev–Trinajstić information content (AvgIpc) is 3.07. The quantitative estimate of drug-likeness (QED) is 0.295. The van der Waals surface area contributed by atoms with E-state index in [-0.39, 0.29) is 28.7 Å². The van der Waals surface area contributed by atoms with Crippen LogP contribution in [0.5, 0.6) is 0 Å². The number of carbonyl (C=O) groups excluding carboxylic acids is 2. The zero-order valence-electron chi connectivity index (χ0n) is 17.9. The summed E-state index contributed by atoms with van der Waals surface area (Å²) in [6.45, 7) is 3.43. The number of amides is 2. The number of thioether (sulfide) groups is 1. The van der Waals surface area contributed by atoms with Gasteiger partial charge in [-0.25, -0.2) is 4.99 Å². The van der Waals surface area contributed by atoms with E-state index in [2.05, 4.69) is 10.3 Å². The van der Waals surface area contributed by atoms with Gasteiger partial charge < -0.3 is 10.1 Å². The molecule has 0 saturated carbocycles. The molecular weight excluding hydrogens is 468 g/mol. The van der Waals surface area contributed by atoms with Gasteiger partial charge in [0, 0.05) is 38.3 Å². The maximum absolute atomic E-state index is 13.1. The first-order valence-electron chi connectivity index (χ1n) is 10.3. The summed E-state index contributed by atoms with van der Waals surface area (Å²) in [4.78, 5) is 42.3.